The van der Waals surface area contributed by atoms with Gasteiger partial charge in [0.05, 0.1) is 0 Å². The maximum atomic E-state index is 12.5. The molecule has 0 heterocycles. The highest BCUT2D eigenvalue weighted by Crippen LogP contribution is 2.77. The maximum Gasteiger partial charge on any atom is 0.302 e. The first-order valence-electron chi connectivity index (χ1n) is 7.87. The molecular formula is C17H26O3. The van der Waals surface area contributed by atoms with Gasteiger partial charge in [0.15, 0.2) is 0 Å². The van der Waals surface area contributed by atoms with Crippen LogP contribution in [0.25, 0.3) is 0 Å². The molecule has 0 amide bonds. The maximum absolute atomic E-state index is 12.5. The summed E-state index contributed by atoms with van der Waals surface area (Å²) in [6.07, 6.45) is 4.00. The number of esters is 1. The number of Topliss-reactive ketones (excluding diaryl/α,β-unsaturated/α-hetero) is 1. The summed E-state index contributed by atoms with van der Waals surface area (Å²) in [6, 6.07) is 0. The van der Waals surface area contributed by atoms with Gasteiger partial charge in [0.25, 0.3) is 0 Å². The fourth-order valence-electron chi connectivity index (χ4n) is 6.10. The quantitative estimate of drug-likeness (QED) is 0.691. The van der Waals surface area contributed by atoms with Crippen LogP contribution in [0.3, 0.4) is 0 Å². The lowest BCUT2D eigenvalue weighted by Gasteiger charge is -2.46. The fraction of sp³-hybridized carbons (Fsp3) is 0.882. The minimum absolute atomic E-state index is 0.0114. The van der Waals surface area contributed by atoms with E-state index in [9.17, 15) is 9.59 Å². The van der Waals surface area contributed by atoms with Crippen LogP contribution in [0.4, 0.5) is 0 Å². The Balaban J connectivity index is 2.16. The predicted molar refractivity (Wildman–Crippen MR) is 76.0 cm³/mol. The van der Waals surface area contributed by atoms with Crippen molar-refractivity contribution in [1.29, 1.82) is 0 Å². The summed E-state index contributed by atoms with van der Waals surface area (Å²) in [6.45, 7) is 10.4. The molecule has 20 heavy (non-hydrogen) atoms. The van der Waals surface area contributed by atoms with Gasteiger partial charge in [0.1, 0.15) is 11.9 Å². The number of ether oxygens (including phenoxy) is 1. The third-order valence-electron chi connectivity index (χ3n) is 7.46. The third-order valence-corrected chi connectivity index (χ3v) is 7.46. The van der Waals surface area contributed by atoms with Crippen molar-refractivity contribution in [1.82, 2.24) is 0 Å². The first kappa shape index (κ1) is 14.1. The van der Waals surface area contributed by atoms with Gasteiger partial charge in [-0.1, -0.05) is 34.1 Å². The molecule has 0 N–H and O–H groups in total. The molecule has 0 spiro atoms. The molecule has 3 saturated carbocycles. The molecule has 0 aromatic rings. The molecule has 0 aromatic heterocycles. The summed E-state index contributed by atoms with van der Waals surface area (Å²) >= 11 is 0. The molecule has 0 aromatic carbocycles. The van der Waals surface area contributed by atoms with Gasteiger partial charge in [-0.25, -0.2) is 0 Å². The SMILES string of the molecule is CC(=O)O[C@H]1[C@@H]2[C@@H](C)C(=O)C[C@@]1(C)[C@@]1(C)CCC[C@@]21C. The van der Waals surface area contributed by atoms with E-state index in [4.69, 9.17) is 4.74 Å². The molecule has 3 heteroatoms. The van der Waals surface area contributed by atoms with E-state index in [0.29, 0.717) is 12.2 Å². The van der Waals surface area contributed by atoms with Gasteiger partial charge < -0.3 is 4.74 Å². The number of ketones is 1. The second-order valence-electron chi connectivity index (χ2n) is 8.01. The molecule has 112 valence electrons. The van der Waals surface area contributed by atoms with Crippen LogP contribution >= 0.6 is 0 Å². The molecule has 0 saturated heterocycles. The molecule has 0 radical (unpaired) electrons. The van der Waals surface area contributed by atoms with Crippen molar-refractivity contribution >= 4 is 11.8 Å². The molecule has 3 aliphatic rings. The second kappa shape index (κ2) is 3.86. The highest BCUT2D eigenvalue weighted by atomic mass is 16.5. The van der Waals surface area contributed by atoms with E-state index in [-0.39, 0.29) is 40.2 Å². The molecule has 0 aliphatic heterocycles. The van der Waals surface area contributed by atoms with Crippen LogP contribution in [-0.4, -0.2) is 17.9 Å². The Labute approximate surface area is 121 Å². The zero-order valence-corrected chi connectivity index (χ0v) is 13.3. The van der Waals surface area contributed by atoms with Crippen molar-refractivity contribution in [2.24, 2.45) is 28.1 Å². The summed E-state index contributed by atoms with van der Waals surface area (Å²) in [5, 5.41) is 0. The average molecular weight is 278 g/mol. The van der Waals surface area contributed by atoms with Crippen LogP contribution in [0.15, 0.2) is 0 Å². The van der Waals surface area contributed by atoms with Crippen molar-refractivity contribution in [3.8, 4) is 0 Å². The highest BCUT2D eigenvalue weighted by Gasteiger charge is 2.76. The largest absolute Gasteiger partial charge is 0.462 e. The third kappa shape index (κ3) is 1.32. The summed E-state index contributed by atoms with van der Waals surface area (Å²) in [5.74, 6) is 0.347. The van der Waals surface area contributed by atoms with Gasteiger partial charge in [0.2, 0.25) is 0 Å². The number of carbonyl (C=O) groups excluding carboxylic acids is 2. The molecule has 0 unspecified atom stereocenters. The first-order valence-corrected chi connectivity index (χ1v) is 7.87. The Morgan fingerprint density at radius 3 is 2.45 bits per heavy atom. The topological polar surface area (TPSA) is 43.4 Å². The monoisotopic (exact) mass is 278 g/mol. The summed E-state index contributed by atoms with van der Waals surface area (Å²) in [4.78, 5) is 24.0. The van der Waals surface area contributed by atoms with Crippen LogP contribution in [0.5, 0.6) is 0 Å². The highest BCUT2D eigenvalue weighted by molar-refractivity contribution is 5.84. The molecule has 6 atom stereocenters. The number of carbonyl (C=O) groups is 2. The zero-order chi connectivity index (χ0) is 14.9. The van der Waals surface area contributed by atoms with Crippen molar-refractivity contribution in [3.05, 3.63) is 0 Å². The van der Waals surface area contributed by atoms with Crippen molar-refractivity contribution in [2.45, 2.75) is 66.4 Å². The summed E-state index contributed by atoms with van der Waals surface area (Å²) in [5.41, 5.74) is 0.0246. The number of hydrogen-bond donors (Lipinski definition) is 0. The summed E-state index contributed by atoms with van der Waals surface area (Å²) in [7, 11) is 0. The number of rotatable bonds is 1. The van der Waals surface area contributed by atoms with E-state index < -0.39 is 0 Å². The first-order chi connectivity index (χ1) is 9.17. The van der Waals surface area contributed by atoms with E-state index in [1.54, 1.807) is 0 Å². The lowest BCUT2D eigenvalue weighted by atomic mass is 9.59. The molecule has 3 nitrogen and oxygen atoms in total. The van der Waals surface area contributed by atoms with Crippen LogP contribution in [0.1, 0.15) is 60.3 Å². The van der Waals surface area contributed by atoms with Gasteiger partial charge in [-0.05, 0) is 23.7 Å². The van der Waals surface area contributed by atoms with Gasteiger partial charge in [-0.3, -0.25) is 9.59 Å². The van der Waals surface area contributed by atoms with Crippen LogP contribution in [-0.2, 0) is 14.3 Å². The standard InChI is InChI=1S/C17H26O3/c1-10-12(19)9-16(4)14(20-11(2)18)13(10)15(3)7-6-8-17(15,16)5/h10,13-14H,6-9H2,1-5H3/t10-,13-,14-,15-,16+,17-/m0/s1. The number of hydrogen-bond acceptors (Lipinski definition) is 3. The Morgan fingerprint density at radius 2 is 1.85 bits per heavy atom. The van der Waals surface area contributed by atoms with E-state index in [1.807, 2.05) is 6.92 Å². The Kier molecular flexibility index (Phi) is 2.72. The van der Waals surface area contributed by atoms with E-state index in [2.05, 4.69) is 20.8 Å². The predicted octanol–water partition coefficient (Wildman–Crippen LogP) is 3.36. The van der Waals surface area contributed by atoms with E-state index >= 15 is 0 Å². The minimum atomic E-state index is -0.208. The fourth-order valence-corrected chi connectivity index (χ4v) is 6.10. The smallest absolute Gasteiger partial charge is 0.302 e. The Hall–Kier alpha value is -0.860. The zero-order valence-electron chi connectivity index (χ0n) is 13.3. The van der Waals surface area contributed by atoms with Crippen molar-refractivity contribution < 1.29 is 14.3 Å². The molecule has 3 fully saturated rings. The summed E-state index contributed by atoms with van der Waals surface area (Å²) < 4.78 is 5.78. The minimum Gasteiger partial charge on any atom is -0.462 e. The van der Waals surface area contributed by atoms with Crippen LogP contribution < -0.4 is 0 Å². The molecule has 3 aliphatic carbocycles. The average Bonchev–Trinajstić information content (AvgIpc) is 2.68. The van der Waals surface area contributed by atoms with Crippen molar-refractivity contribution in [2.75, 3.05) is 0 Å². The van der Waals surface area contributed by atoms with Gasteiger partial charge in [0, 0.05) is 30.6 Å². The lowest BCUT2D eigenvalue weighted by Crippen LogP contribution is -2.49. The molecule has 3 rings (SSSR count). The molecule has 2 bridgehead atoms. The molecular weight excluding hydrogens is 252 g/mol. The van der Waals surface area contributed by atoms with Gasteiger partial charge in [-0.2, -0.15) is 0 Å². The van der Waals surface area contributed by atoms with E-state index in [0.717, 1.165) is 12.8 Å². The van der Waals surface area contributed by atoms with E-state index in [1.165, 1.54) is 13.3 Å². The van der Waals surface area contributed by atoms with Gasteiger partial charge >= 0.3 is 5.97 Å². The van der Waals surface area contributed by atoms with Gasteiger partial charge in [-0.15, -0.1) is 0 Å². The Morgan fingerprint density at radius 1 is 1.20 bits per heavy atom. The van der Waals surface area contributed by atoms with Crippen LogP contribution in [0, 0.1) is 28.1 Å². The Bertz CT molecular complexity index is 485. The van der Waals surface area contributed by atoms with Crippen molar-refractivity contribution in [3.63, 3.8) is 0 Å². The number of fused-ring (bicyclic) bond motifs is 5. The second-order valence-corrected chi connectivity index (χ2v) is 8.01. The lowest BCUT2D eigenvalue weighted by molar-refractivity contribution is -0.167. The normalized spacial score (nSPS) is 53.9. The van der Waals surface area contributed by atoms with Crippen LogP contribution in [0.2, 0.25) is 0 Å².